The number of carbonyl (C=O) groups is 2. The number of likely N-dealkylation sites (N-methyl/N-ethyl adjacent to an activating group) is 1. The lowest BCUT2D eigenvalue weighted by atomic mass is 10.0. The van der Waals surface area contributed by atoms with Gasteiger partial charge in [-0.05, 0) is 65.5 Å². The molecular formula is C44H85N5O4. The molecule has 0 aliphatic rings. The Bertz CT molecular complexity index is 937. The van der Waals surface area contributed by atoms with Crippen molar-refractivity contribution in [2.45, 2.75) is 220 Å². The molecule has 1 rings (SSSR count). The van der Waals surface area contributed by atoms with Gasteiger partial charge in [0.05, 0.1) is 25.1 Å². The molecule has 1 heterocycles. The van der Waals surface area contributed by atoms with Crippen LogP contribution in [0, 0.1) is 0 Å². The highest BCUT2D eigenvalue weighted by molar-refractivity contribution is 5.70. The van der Waals surface area contributed by atoms with Crippen LogP contribution in [0.25, 0.3) is 0 Å². The summed E-state index contributed by atoms with van der Waals surface area (Å²) < 4.78 is 14.2. The minimum Gasteiger partial charge on any atom is -0.462 e. The summed E-state index contributed by atoms with van der Waals surface area (Å²) in [6, 6.07) is 0. The number of hydrogen-bond donors (Lipinski definition) is 0. The van der Waals surface area contributed by atoms with Crippen molar-refractivity contribution in [1.29, 1.82) is 0 Å². The molecule has 1 aromatic rings. The molecule has 0 N–H and O–H groups in total. The third-order valence-electron chi connectivity index (χ3n) is 10.4. The van der Waals surface area contributed by atoms with Crippen molar-refractivity contribution < 1.29 is 19.1 Å². The number of esters is 2. The van der Waals surface area contributed by atoms with Crippen molar-refractivity contribution >= 4 is 11.9 Å². The molecule has 0 aromatic carbocycles. The molecule has 9 heteroatoms. The molecule has 0 spiro atoms. The first-order valence-electron chi connectivity index (χ1n) is 22.5. The van der Waals surface area contributed by atoms with Crippen LogP contribution < -0.4 is 0 Å². The molecule has 0 saturated carbocycles. The van der Waals surface area contributed by atoms with E-state index in [1.165, 1.54) is 103 Å². The Labute approximate surface area is 327 Å². The zero-order valence-electron chi connectivity index (χ0n) is 35.7. The Hall–Kier alpha value is -2.00. The van der Waals surface area contributed by atoms with E-state index < -0.39 is 0 Å². The first-order valence-corrected chi connectivity index (χ1v) is 22.5. The van der Waals surface area contributed by atoms with Crippen molar-refractivity contribution in [2.75, 3.05) is 40.3 Å². The van der Waals surface area contributed by atoms with Gasteiger partial charge in [-0.25, -0.2) is 0 Å². The van der Waals surface area contributed by atoms with Gasteiger partial charge in [0.1, 0.15) is 12.2 Å². The number of unbranched alkanes of at least 4 members (excludes halogenated alkanes) is 16. The second-order valence-electron chi connectivity index (χ2n) is 15.9. The van der Waals surface area contributed by atoms with Crippen molar-refractivity contribution in [1.82, 2.24) is 24.8 Å². The maximum absolute atomic E-state index is 13.3. The quantitative estimate of drug-likeness (QED) is 0.0488. The number of aromatic nitrogens is 3. The molecule has 0 amide bonds. The van der Waals surface area contributed by atoms with Crippen molar-refractivity contribution in [3.63, 3.8) is 0 Å². The van der Waals surface area contributed by atoms with Gasteiger partial charge in [-0.1, -0.05) is 136 Å². The predicted octanol–water partition coefficient (Wildman–Crippen LogP) is 10.7. The molecule has 2 unspecified atom stereocenters. The number of ether oxygens (including phenoxy) is 2. The van der Waals surface area contributed by atoms with E-state index >= 15 is 0 Å². The zero-order valence-corrected chi connectivity index (χ0v) is 35.7. The standard InChI is InChI=1S/C44H85N5O4/c1-7-11-15-19-21-25-29-41(27-23-17-13-9-3)52-43(50)32-35-48(37-38-49-39-40(45-46-49)31-34-47(5)6)36-33-44(51)53-42(28-24-18-14-10-4)30-26-22-20-16-12-8-2/h39,41-42H,7-38H2,1-6H3. The van der Waals surface area contributed by atoms with Crippen LogP contribution >= 0.6 is 0 Å². The van der Waals surface area contributed by atoms with E-state index in [0.717, 1.165) is 70.0 Å². The van der Waals surface area contributed by atoms with Crippen LogP contribution in [0.5, 0.6) is 0 Å². The smallest absolute Gasteiger partial charge is 0.307 e. The molecule has 0 saturated heterocycles. The fraction of sp³-hybridized carbons (Fsp3) is 0.909. The Kier molecular flexibility index (Phi) is 31.9. The van der Waals surface area contributed by atoms with E-state index in [1.54, 1.807) is 0 Å². The summed E-state index contributed by atoms with van der Waals surface area (Å²) in [6.07, 6.45) is 31.8. The third kappa shape index (κ3) is 29.0. The van der Waals surface area contributed by atoms with Crippen LogP contribution in [0.2, 0.25) is 0 Å². The molecule has 0 aliphatic heterocycles. The van der Waals surface area contributed by atoms with Crippen molar-refractivity contribution in [3.05, 3.63) is 11.9 Å². The highest BCUT2D eigenvalue weighted by Crippen LogP contribution is 2.19. The Morgan fingerprint density at radius 1 is 0.585 bits per heavy atom. The molecule has 310 valence electrons. The van der Waals surface area contributed by atoms with Gasteiger partial charge < -0.3 is 19.3 Å². The highest BCUT2D eigenvalue weighted by atomic mass is 16.5. The summed E-state index contributed by atoms with van der Waals surface area (Å²) in [5.74, 6) is -0.247. The molecule has 9 nitrogen and oxygen atoms in total. The second kappa shape index (κ2) is 34.5. The van der Waals surface area contributed by atoms with Crippen molar-refractivity contribution in [3.8, 4) is 0 Å². The van der Waals surface area contributed by atoms with E-state index in [4.69, 9.17) is 9.47 Å². The second-order valence-corrected chi connectivity index (χ2v) is 15.9. The number of rotatable bonds is 38. The minimum atomic E-state index is -0.123. The topological polar surface area (TPSA) is 89.8 Å². The first-order chi connectivity index (χ1) is 25.8. The maximum Gasteiger partial charge on any atom is 0.307 e. The number of nitrogens with zero attached hydrogens (tertiary/aromatic N) is 5. The lowest BCUT2D eigenvalue weighted by molar-refractivity contribution is -0.150. The van der Waals surface area contributed by atoms with Crippen LogP contribution in [-0.2, 0) is 32.0 Å². The molecule has 0 aliphatic carbocycles. The molecular weight excluding hydrogens is 663 g/mol. The van der Waals surface area contributed by atoms with Gasteiger partial charge >= 0.3 is 11.9 Å². The number of carbonyl (C=O) groups excluding carboxylic acids is 2. The average Bonchev–Trinajstić information content (AvgIpc) is 3.61. The van der Waals surface area contributed by atoms with Gasteiger partial charge in [0.15, 0.2) is 0 Å². The monoisotopic (exact) mass is 748 g/mol. The average molecular weight is 748 g/mol. The molecule has 1 aromatic heterocycles. The fourth-order valence-electron chi connectivity index (χ4n) is 6.89. The molecule has 2 atom stereocenters. The van der Waals surface area contributed by atoms with Gasteiger partial charge in [-0.15, -0.1) is 5.10 Å². The van der Waals surface area contributed by atoms with Gasteiger partial charge in [0.2, 0.25) is 0 Å². The van der Waals surface area contributed by atoms with Crippen LogP contribution in [-0.4, -0.2) is 89.2 Å². The Morgan fingerprint density at radius 2 is 0.981 bits per heavy atom. The normalized spacial score (nSPS) is 12.8. The SMILES string of the molecule is CCCCCCCCC(CCCCCC)OC(=O)CCN(CCC(=O)OC(CCCCCC)CCCCCCCC)CCn1cc(CCN(C)C)nn1. The van der Waals surface area contributed by atoms with E-state index in [1.807, 2.05) is 10.9 Å². The van der Waals surface area contributed by atoms with Gasteiger partial charge in [-0.3, -0.25) is 14.3 Å². The summed E-state index contributed by atoms with van der Waals surface area (Å²) >= 11 is 0. The molecule has 0 bridgehead atoms. The van der Waals surface area contributed by atoms with Crippen LogP contribution in [0.3, 0.4) is 0 Å². The minimum absolute atomic E-state index is 0.00518. The van der Waals surface area contributed by atoms with Crippen LogP contribution in [0.1, 0.15) is 200 Å². The molecule has 53 heavy (non-hydrogen) atoms. The Morgan fingerprint density at radius 3 is 1.40 bits per heavy atom. The van der Waals surface area contributed by atoms with Crippen molar-refractivity contribution in [2.24, 2.45) is 0 Å². The molecule has 0 fully saturated rings. The third-order valence-corrected chi connectivity index (χ3v) is 10.4. The fourth-order valence-corrected chi connectivity index (χ4v) is 6.89. The molecule has 0 radical (unpaired) electrons. The maximum atomic E-state index is 13.3. The van der Waals surface area contributed by atoms with Gasteiger partial charge in [0, 0.05) is 38.8 Å². The lowest BCUT2D eigenvalue weighted by Gasteiger charge is -2.24. The van der Waals surface area contributed by atoms with E-state index in [9.17, 15) is 9.59 Å². The summed E-state index contributed by atoms with van der Waals surface area (Å²) in [7, 11) is 4.12. The van der Waals surface area contributed by atoms with E-state index in [2.05, 4.69) is 61.9 Å². The highest BCUT2D eigenvalue weighted by Gasteiger charge is 2.19. The Balaban J connectivity index is 2.82. The van der Waals surface area contributed by atoms with E-state index in [-0.39, 0.29) is 24.1 Å². The van der Waals surface area contributed by atoms with Crippen LogP contribution in [0.15, 0.2) is 6.20 Å². The first kappa shape index (κ1) is 49.0. The summed E-state index contributed by atoms with van der Waals surface area (Å²) in [5, 5.41) is 8.72. The van der Waals surface area contributed by atoms with E-state index in [0.29, 0.717) is 39.0 Å². The summed E-state index contributed by atoms with van der Waals surface area (Å²) in [5.41, 5.74) is 0.975. The zero-order chi connectivity index (χ0) is 38.8. The predicted molar refractivity (Wildman–Crippen MR) is 221 cm³/mol. The van der Waals surface area contributed by atoms with Gasteiger partial charge in [0.25, 0.3) is 0 Å². The summed E-state index contributed by atoms with van der Waals surface area (Å²) in [6.45, 7) is 12.3. The lowest BCUT2D eigenvalue weighted by Crippen LogP contribution is -2.33. The summed E-state index contributed by atoms with van der Waals surface area (Å²) in [4.78, 5) is 30.9. The van der Waals surface area contributed by atoms with Gasteiger partial charge in [-0.2, -0.15) is 0 Å². The van der Waals surface area contributed by atoms with Crippen LogP contribution in [0.4, 0.5) is 0 Å². The largest absolute Gasteiger partial charge is 0.462 e. The number of hydrogen-bond acceptors (Lipinski definition) is 8.